The van der Waals surface area contributed by atoms with E-state index in [1.165, 1.54) is 35.3 Å². The van der Waals surface area contributed by atoms with E-state index in [4.69, 9.17) is 4.74 Å². The number of methoxy groups -OCH3 is 1. The molecule has 0 spiro atoms. The van der Waals surface area contributed by atoms with Gasteiger partial charge in [0.1, 0.15) is 11.6 Å². The van der Waals surface area contributed by atoms with Crippen molar-refractivity contribution in [3.8, 4) is 5.75 Å². The number of hydrogen-bond donors (Lipinski definition) is 1. The van der Waals surface area contributed by atoms with Gasteiger partial charge in [-0.05, 0) is 43.9 Å². The van der Waals surface area contributed by atoms with E-state index < -0.39 is 10.0 Å². The minimum absolute atomic E-state index is 0.128. The molecule has 1 aromatic heterocycles. The lowest BCUT2D eigenvalue weighted by atomic mass is 10.2. The summed E-state index contributed by atoms with van der Waals surface area (Å²) in [5, 5.41) is 11.9. The average molecular weight is 480 g/mol. The number of aromatic nitrogens is 3. The molecule has 1 amide bonds. The molecule has 32 heavy (non-hydrogen) atoms. The largest absolute Gasteiger partial charge is 0.495 e. The van der Waals surface area contributed by atoms with Gasteiger partial charge in [-0.2, -0.15) is 4.31 Å². The van der Waals surface area contributed by atoms with Crippen molar-refractivity contribution in [2.45, 2.75) is 54.5 Å². The van der Waals surface area contributed by atoms with Gasteiger partial charge in [0.2, 0.25) is 15.9 Å². The van der Waals surface area contributed by atoms with E-state index in [0.717, 1.165) is 44.3 Å². The van der Waals surface area contributed by atoms with Crippen LogP contribution in [-0.2, 0) is 21.9 Å². The van der Waals surface area contributed by atoms with Crippen molar-refractivity contribution in [3.63, 3.8) is 0 Å². The molecule has 2 aromatic rings. The normalized spacial score (nSPS) is 17.7. The van der Waals surface area contributed by atoms with Gasteiger partial charge in [-0.1, -0.05) is 24.6 Å². The molecule has 2 fully saturated rings. The highest BCUT2D eigenvalue weighted by atomic mass is 32.2. The van der Waals surface area contributed by atoms with Gasteiger partial charge in [0.25, 0.3) is 0 Å². The Morgan fingerprint density at radius 1 is 1.19 bits per heavy atom. The molecule has 9 nitrogen and oxygen atoms in total. The summed E-state index contributed by atoms with van der Waals surface area (Å²) in [4.78, 5) is 12.8. The van der Waals surface area contributed by atoms with Crippen molar-refractivity contribution in [1.29, 1.82) is 0 Å². The van der Waals surface area contributed by atoms with Crippen LogP contribution in [0.3, 0.4) is 0 Å². The first-order valence-electron chi connectivity index (χ1n) is 10.9. The summed E-state index contributed by atoms with van der Waals surface area (Å²) >= 11 is 1.30. The number of ether oxygens (including phenoxy) is 1. The lowest BCUT2D eigenvalue weighted by Gasteiger charge is -2.21. The molecule has 4 rings (SSSR count). The zero-order valence-corrected chi connectivity index (χ0v) is 20.0. The predicted octanol–water partition coefficient (Wildman–Crippen LogP) is 3.00. The number of anilines is 1. The fourth-order valence-electron chi connectivity index (χ4n) is 3.84. The summed E-state index contributed by atoms with van der Waals surface area (Å²) in [7, 11) is -0.231. The number of carbonyl (C=O) groups is 1. The molecule has 0 atom stereocenters. The SMILES string of the molecule is COc1ccc(S(=O)(=O)N2CCCCCC2)cc1NC(=O)CSc1nnc(C2CC2)n1C. The number of carbonyl (C=O) groups excluding carboxylic acids is 1. The van der Waals surface area contributed by atoms with E-state index >= 15 is 0 Å². The Balaban J connectivity index is 1.45. The van der Waals surface area contributed by atoms with Gasteiger partial charge in [-0.25, -0.2) is 8.42 Å². The third kappa shape index (κ3) is 5.10. The summed E-state index contributed by atoms with van der Waals surface area (Å²) in [5.74, 6) is 1.71. The zero-order chi connectivity index (χ0) is 22.7. The van der Waals surface area contributed by atoms with E-state index in [-0.39, 0.29) is 16.6 Å². The fourth-order valence-corrected chi connectivity index (χ4v) is 6.10. The van der Waals surface area contributed by atoms with Crippen LogP contribution in [0.15, 0.2) is 28.3 Å². The van der Waals surface area contributed by atoms with Crippen molar-refractivity contribution in [2.24, 2.45) is 7.05 Å². The van der Waals surface area contributed by atoms with Crippen LogP contribution in [0.5, 0.6) is 5.75 Å². The van der Waals surface area contributed by atoms with Crippen LogP contribution in [0, 0.1) is 0 Å². The molecule has 1 aliphatic carbocycles. The highest BCUT2D eigenvalue weighted by Gasteiger charge is 2.29. The molecular weight excluding hydrogens is 450 g/mol. The summed E-state index contributed by atoms with van der Waals surface area (Å²) in [5.41, 5.74) is 0.339. The molecule has 2 aliphatic rings. The number of nitrogens with one attached hydrogen (secondary N) is 1. The Labute approximate surface area is 193 Å². The topological polar surface area (TPSA) is 106 Å². The Morgan fingerprint density at radius 3 is 2.56 bits per heavy atom. The molecule has 0 radical (unpaired) electrons. The molecule has 0 unspecified atom stereocenters. The summed E-state index contributed by atoms with van der Waals surface area (Å²) in [6.07, 6.45) is 6.07. The van der Waals surface area contributed by atoms with Crippen LogP contribution in [0.4, 0.5) is 5.69 Å². The van der Waals surface area contributed by atoms with Crippen LogP contribution in [0.25, 0.3) is 0 Å². The van der Waals surface area contributed by atoms with Crippen molar-refractivity contribution in [3.05, 3.63) is 24.0 Å². The maximum atomic E-state index is 13.1. The van der Waals surface area contributed by atoms with E-state index in [1.54, 1.807) is 6.07 Å². The van der Waals surface area contributed by atoms with E-state index in [0.29, 0.717) is 35.6 Å². The smallest absolute Gasteiger partial charge is 0.243 e. The number of thioether (sulfide) groups is 1. The Kier molecular flexibility index (Phi) is 7.06. The maximum Gasteiger partial charge on any atom is 0.243 e. The first-order valence-corrected chi connectivity index (χ1v) is 13.3. The van der Waals surface area contributed by atoms with Crippen molar-refractivity contribution >= 4 is 33.4 Å². The Morgan fingerprint density at radius 2 is 1.91 bits per heavy atom. The van der Waals surface area contributed by atoms with E-state index in [9.17, 15) is 13.2 Å². The lowest BCUT2D eigenvalue weighted by molar-refractivity contribution is -0.113. The van der Waals surface area contributed by atoms with Crippen LogP contribution < -0.4 is 10.1 Å². The van der Waals surface area contributed by atoms with E-state index in [2.05, 4.69) is 15.5 Å². The predicted molar refractivity (Wildman–Crippen MR) is 123 cm³/mol. The molecule has 1 saturated heterocycles. The standard InChI is InChI=1S/C21H29N5O4S2/c1-25-20(15-7-8-15)23-24-21(25)31-14-19(27)22-17-13-16(9-10-18(17)30-2)32(28,29)26-11-5-3-4-6-12-26/h9-10,13,15H,3-8,11-12,14H2,1-2H3,(H,22,27). The minimum Gasteiger partial charge on any atom is -0.495 e. The van der Waals surface area contributed by atoms with Gasteiger partial charge in [-0.15, -0.1) is 10.2 Å². The zero-order valence-electron chi connectivity index (χ0n) is 18.4. The van der Waals surface area contributed by atoms with Gasteiger partial charge >= 0.3 is 0 Å². The fraction of sp³-hybridized carbons (Fsp3) is 0.571. The van der Waals surface area contributed by atoms with Gasteiger partial charge in [0, 0.05) is 26.1 Å². The number of amides is 1. The molecule has 1 aromatic carbocycles. The molecule has 1 saturated carbocycles. The highest BCUT2D eigenvalue weighted by molar-refractivity contribution is 7.99. The van der Waals surface area contributed by atoms with Gasteiger partial charge in [-0.3, -0.25) is 4.79 Å². The quantitative estimate of drug-likeness (QED) is 0.580. The molecule has 2 heterocycles. The molecule has 174 valence electrons. The highest BCUT2D eigenvalue weighted by Crippen LogP contribution is 2.39. The Bertz CT molecular complexity index is 1070. The Hall–Kier alpha value is -2.11. The maximum absolute atomic E-state index is 13.1. The number of hydrogen-bond acceptors (Lipinski definition) is 7. The summed E-state index contributed by atoms with van der Waals surface area (Å²) in [6, 6.07) is 4.59. The number of benzene rings is 1. The lowest BCUT2D eigenvalue weighted by Crippen LogP contribution is -2.32. The van der Waals surface area contributed by atoms with Gasteiger partial charge < -0.3 is 14.6 Å². The third-order valence-corrected chi connectivity index (χ3v) is 8.71. The molecule has 1 N–H and O–H groups in total. The monoisotopic (exact) mass is 479 g/mol. The second kappa shape index (κ2) is 9.80. The second-order valence-electron chi connectivity index (χ2n) is 8.19. The number of sulfonamides is 1. The third-order valence-electron chi connectivity index (χ3n) is 5.79. The molecule has 11 heteroatoms. The van der Waals surface area contributed by atoms with Crippen molar-refractivity contribution in [1.82, 2.24) is 19.1 Å². The van der Waals surface area contributed by atoms with Crippen molar-refractivity contribution in [2.75, 3.05) is 31.3 Å². The van der Waals surface area contributed by atoms with E-state index in [1.807, 2.05) is 11.6 Å². The molecular formula is C21H29N5O4S2. The van der Waals surface area contributed by atoms with Crippen LogP contribution in [0.2, 0.25) is 0 Å². The number of rotatable bonds is 8. The minimum atomic E-state index is -3.63. The van der Waals surface area contributed by atoms with Crippen LogP contribution in [0.1, 0.15) is 50.3 Å². The van der Waals surface area contributed by atoms with Gasteiger partial charge in [0.15, 0.2) is 5.16 Å². The summed E-state index contributed by atoms with van der Waals surface area (Å²) in [6.45, 7) is 1.04. The van der Waals surface area contributed by atoms with Crippen LogP contribution >= 0.6 is 11.8 Å². The van der Waals surface area contributed by atoms with Crippen molar-refractivity contribution < 1.29 is 17.9 Å². The van der Waals surface area contributed by atoms with Crippen LogP contribution in [-0.4, -0.2) is 59.3 Å². The second-order valence-corrected chi connectivity index (χ2v) is 11.1. The van der Waals surface area contributed by atoms with Gasteiger partial charge in [0.05, 0.1) is 23.4 Å². The average Bonchev–Trinajstić information content (AvgIpc) is 3.59. The molecule has 1 aliphatic heterocycles. The first-order chi connectivity index (χ1) is 15.4. The first kappa shape index (κ1) is 23.1. The number of nitrogens with zero attached hydrogens (tertiary/aromatic N) is 4. The summed E-state index contributed by atoms with van der Waals surface area (Å²) < 4.78 is 35.1. The molecule has 0 bridgehead atoms.